The van der Waals surface area contributed by atoms with Crippen LogP contribution in [-0.4, -0.2) is 33.6 Å². The zero-order valence-corrected chi connectivity index (χ0v) is 13.1. The summed E-state index contributed by atoms with van der Waals surface area (Å²) in [6, 6.07) is 9.78. The molecule has 9 nitrogen and oxygen atoms in total. The van der Waals surface area contributed by atoms with Crippen LogP contribution in [0.5, 0.6) is 0 Å². The third-order valence-corrected chi connectivity index (χ3v) is 3.42. The Balaban J connectivity index is 1.63. The maximum Gasteiger partial charge on any atom is 0.359 e. The van der Waals surface area contributed by atoms with Crippen LogP contribution < -0.4 is 5.32 Å². The normalized spacial score (nSPS) is 10.5. The highest BCUT2D eigenvalue weighted by Crippen LogP contribution is 2.21. The maximum absolute atomic E-state index is 13.3. The number of carbonyl (C=O) groups excluding carboxylic acids is 2. The van der Waals surface area contributed by atoms with Gasteiger partial charge in [-0.2, -0.15) is 9.49 Å². The fourth-order valence-electron chi connectivity index (χ4n) is 2.25. The van der Waals surface area contributed by atoms with Gasteiger partial charge in [0.1, 0.15) is 0 Å². The van der Waals surface area contributed by atoms with Gasteiger partial charge < -0.3 is 10.1 Å². The molecular weight excluding hydrogens is 347 g/mol. The lowest BCUT2D eigenvalue weighted by atomic mass is 10.2. The number of aromatic nitrogens is 2. The van der Waals surface area contributed by atoms with Crippen LogP contribution >= 0.6 is 0 Å². The average Bonchev–Trinajstić information content (AvgIpc) is 3.05. The Kier molecular flexibility index (Phi) is 4.56. The third-order valence-electron chi connectivity index (χ3n) is 3.42. The molecule has 0 spiro atoms. The molecule has 0 radical (unpaired) electrons. The number of amides is 1. The fraction of sp³-hybridized carbons (Fsp3) is 0.0625. The molecule has 0 saturated heterocycles. The van der Waals surface area contributed by atoms with Gasteiger partial charge in [0.25, 0.3) is 5.91 Å². The van der Waals surface area contributed by atoms with Gasteiger partial charge in [-0.3, -0.25) is 20.0 Å². The van der Waals surface area contributed by atoms with E-state index in [1.807, 2.05) is 0 Å². The molecule has 1 amide bonds. The van der Waals surface area contributed by atoms with E-state index in [-0.39, 0.29) is 11.4 Å². The Hall–Kier alpha value is -3.82. The first-order valence-corrected chi connectivity index (χ1v) is 7.29. The molecule has 0 atom stereocenters. The number of halogens is 1. The van der Waals surface area contributed by atoms with Crippen molar-refractivity contribution in [3.05, 3.63) is 64.1 Å². The minimum Gasteiger partial charge on any atom is -0.451 e. The number of carbonyl (C=O) groups is 2. The molecule has 26 heavy (non-hydrogen) atoms. The summed E-state index contributed by atoms with van der Waals surface area (Å²) in [4.78, 5) is 33.7. The Bertz CT molecular complexity index is 1020. The number of hydrogen-bond donors (Lipinski definition) is 2. The fourth-order valence-corrected chi connectivity index (χ4v) is 2.25. The van der Waals surface area contributed by atoms with E-state index in [1.54, 1.807) is 24.3 Å². The number of nitro groups is 1. The van der Waals surface area contributed by atoms with Gasteiger partial charge >= 0.3 is 11.7 Å². The van der Waals surface area contributed by atoms with Gasteiger partial charge in [-0.1, -0.05) is 18.2 Å². The molecule has 2 N–H and O–H groups in total. The van der Waals surface area contributed by atoms with Crippen molar-refractivity contribution in [2.75, 3.05) is 11.9 Å². The van der Waals surface area contributed by atoms with Crippen molar-refractivity contribution < 1.29 is 23.6 Å². The van der Waals surface area contributed by atoms with Gasteiger partial charge in [-0.15, -0.1) is 0 Å². The summed E-state index contributed by atoms with van der Waals surface area (Å²) in [6.45, 7) is -0.634. The summed E-state index contributed by atoms with van der Waals surface area (Å²) in [5.41, 5.74) is -0.0968. The average molecular weight is 358 g/mol. The number of fused-ring (bicyclic) bond motifs is 1. The molecule has 0 bridgehead atoms. The van der Waals surface area contributed by atoms with Crippen molar-refractivity contribution in [2.45, 2.75) is 0 Å². The van der Waals surface area contributed by atoms with Crippen LogP contribution in [0.4, 0.5) is 15.8 Å². The SMILES string of the molecule is O=C(COC(=O)c1n[nH]c2ccccc12)Nc1ccc(F)c([N+](=O)[O-])c1. The lowest BCUT2D eigenvalue weighted by molar-refractivity contribution is -0.387. The molecule has 0 aliphatic carbocycles. The number of H-pyrrole nitrogens is 1. The predicted octanol–water partition coefficient (Wildman–Crippen LogP) is 2.41. The number of para-hydroxylation sites is 1. The van der Waals surface area contributed by atoms with E-state index in [9.17, 15) is 24.1 Å². The number of benzene rings is 2. The summed E-state index contributed by atoms with van der Waals surface area (Å²) in [7, 11) is 0. The number of nitrogens with one attached hydrogen (secondary N) is 2. The van der Waals surface area contributed by atoms with E-state index in [0.29, 0.717) is 10.9 Å². The number of hydrogen-bond acceptors (Lipinski definition) is 6. The van der Waals surface area contributed by atoms with E-state index < -0.39 is 34.9 Å². The first kappa shape index (κ1) is 17.0. The second kappa shape index (κ2) is 6.97. The number of nitrogens with zero attached hydrogens (tertiary/aromatic N) is 2. The highest BCUT2D eigenvalue weighted by atomic mass is 19.1. The van der Waals surface area contributed by atoms with Gasteiger partial charge in [0.2, 0.25) is 5.82 Å². The molecule has 1 aromatic heterocycles. The molecule has 0 unspecified atom stereocenters. The number of aromatic amines is 1. The summed E-state index contributed by atoms with van der Waals surface area (Å²) in [6.07, 6.45) is 0. The van der Waals surface area contributed by atoms with Crippen molar-refractivity contribution >= 4 is 34.2 Å². The lowest BCUT2D eigenvalue weighted by Gasteiger charge is -2.06. The minimum absolute atomic E-state index is 0.00404. The minimum atomic E-state index is -1.02. The Morgan fingerprint density at radius 3 is 2.81 bits per heavy atom. The summed E-state index contributed by atoms with van der Waals surface area (Å²) >= 11 is 0. The van der Waals surface area contributed by atoms with Crippen molar-refractivity contribution in [3.8, 4) is 0 Å². The molecule has 0 aliphatic rings. The van der Waals surface area contributed by atoms with Crippen molar-refractivity contribution in [1.82, 2.24) is 10.2 Å². The second-order valence-electron chi connectivity index (χ2n) is 5.17. The third kappa shape index (κ3) is 3.48. The molecule has 0 fully saturated rings. The number of ether oxygens (including phenoxy) is 1. The monoisotopic (exact) mass is 358 g/mol. The van der Waals surface area contributed by atoms with Gasteiger partial charge in [-0.05, 0) is 18.2 Å². The van der Waals surface area contributed by atoms with Crippen LogP contribution in [0.2, 0.25) is 0 Å². The van der Waals surface area contributed by atoms with Crippen LogP contribution in [0.1, 0.15) is 10.5 Å². The molecule has 1 heterocycles. The highest BCUT2D eigenvalue weighted by molar-refractivity contribution is 6.03. The number of rotatable bonds is 5. The molecule has 3 rings (SSSR count). The zero-order chi connectivity index (χ0) is 18.7. The van der Waals surface area contributed by atoms with Crippen LogP contribution in [0.3, 0.4) is 0 Å². The Labute approximate surface area is 144 Å². The predicted molar refractivity (Wildman–Crippen MR) is 88.1 cm³/mol. The van der Waals surface area contributed by atoms with Crippen molar-refractivity contribution in [3.63, 3.8) is 0 Å². The molecular formula is C16H11FN4O5. The molecule has 10 heteroatoms. The molecule has 2 aromatic carbocycles. The second-order valence-corrected chi connectivity index (χ2v) is 5.17. The van der Waals surface area contributed by atoms with Gasteiger partial charge in [0.05, 0.1) is 10.4 Å². The molecule has 3 aromatic rings. The van der Waals surface area contributed by atoms with Gasteiger partial charge in [0, 0.05) is 17.1 Å². The first-order chi connectivity index (χ1) is 12.5. The number of anilines is 1. The van der Waals surface area contributed by atoms with Crippen LogP contribution in [0, 0.1) is 15.9 Å². The van der Waals surface area contributed by atoms with E-state index in [2.05, 4.69) is 15.5 Å². The first-order valence-electron chi connectivity index (χ1n) is 7.29. The Morgan fingerprint density at radius 1 is 1.27 bits per heavy atom. The van der Waals surface area contributed by atoms with Crippen molar-refractivity contribution in [2.24, 2.45) is 0 Å². The van der Waals surface area contributed by atoms with Gasteiger partial charge in [0.15, 0.2) is 12.3 Å². The van der Waals surface area contributed by atoms with E-state index >= 15 is 0 Å². The van der Waals surface area contributed by atoms with Crippen LogP contribution in [0.15, 0.2) is 42.5 Å². The van der Waals surface area contributed by atoms with E-state index in [1.165, 1.54) is 0 Å². The summed E-state index contributed by atoms with van der Waals surface area (Å²) < 4.78 is 18.2. The molecule has 0 saturated carbocycles. The smallest absolute Gasteiger partial charge is 0.359 e. The number of esters is 1. The summed E-state index contributed by atoms with van der Waals surface area (Å²) in [5, 5.41) is 20.0. The standard InChI is InChI=1S/C16H11FN4O5/c17-11-6-5-9(7-13(11)21(24)25)18-14(22)8-26-16(23)15-10-3-1-2-4-12(10)19-20-15/h1-7H,8H2,(H,18,22)(H,19,20). The quantitative estimate of drug-likeness (QED) is 0.409. The van der Waals surface area contributed by atoms with Crippen LogP contribution in [0.25, 0.3) is 10.9 Å². The lowest BCUT2D eigenvalue weighted by Crippen LogP contribution is -2.21. The van der Waals surface area contributed by atoms with Crippen molar-refractivity contribution in [1.29, 1.82) is 0 Å². The maximum atomic E-state index is 13.3. The number of nitro benzene ring substituents is 1. The zero-order valence-electron chi connectivity index (χ0n) is 13.1. The largest absolute Gasteiger partial charge is 0.451 e. The van der Waals surface area contributed by atoms with E-state index in [0.717, 1.165) is 18.2 Å². The molecule has 0 aliphatic heterocycles. The summed E-state index contributed by atoms with van der Waals surface area (Å²) in [5.74, 6) is -2.56. The van der Waals surface area contributed by atoms with Gasteiger partial charge in [-0.25, -0.2) is 4.79 Å². The van der Waals surface area contributed by atoms with E-state index in [4.69, 9.17) is 4.74 Å². The topological polar surface area (TPSA) is 127 Å². The molecule has 132 valence electrons. The Morgan fingerprint density at radius 2 is 2.04 bits per heavy atom. The van der Waals surface area contributed by atoms with Crippen LogP contribution in [-0.2, 0) is 9.53 Å². The highest BCUT2D eigenvalue weighted by Gasteiger charge is 2.18.